The second-order valence-corrected chi connectivity index (χ2v) is 10.5. The number of rotatable bonds is 8. The lowest BCUT2D eigenvalue weighted by Crippen LogP contribution is -2.28. The Morgan fingerprint density at radius 1 is 1.08 bits per heavy atom. The number of ether oxygens (including phenoxy) is 1. The molecule has 0 bridgehead atoms. The Morgan fingerprint density at radius 2 is 1.87 bits per heavy atom. The predicted octanol–water partition coefficient (Wildman–Crippen LogP) is 6.69. The molecule has 0 aliphatic carbocycles. The van der Waals surface area contributed by atoms with E-state index in [9.17, 15) is 9.59 Å². The van der Waals surface area contributed by atoms with Gasteiger partial charge < -0.3 is 10.1 Å². The van der Waals surface area contributed by atoms with Gasteiger partial charge in [-0.1, -0.05) is 23.2 Å². The second kappa shape index (κ2) is 11.4. The number of imidazole rings is 1. The summed E-state index contributed by atoms with van der Waals surface area (Å²) in [5.74, 6) is 0.604. The summed E-state index contributed by atoms with van der Waals surface area (Å²) in [7, 11) is 0. The zero-order valence-corrected chi connectivity index (χ0v) is 23.0. The molecule has 0 unspecified atom stereocenters. The van der Waals surface area contributed by atoms with Crippen LogP contribution in [-0.4, -0.2) is 43.4 Å². The van der Waals surface area contributed by atoms with Crippen molar-refractivity contribution < 1.29 is 14.3 Å². The van der Waals surface area contributed by atoms with Crippen molar-refractivity contribution in [2.24, 2.45) is 0 Å². The average Bonchev–Trinajstić information content (AvgIpc) is 3.29. The molecule has 1 amide bonds. The van der Waals surface area contributed by atoms with Gasteiger partial charge in [0.25, 0.3) is 0 Å². The topological polar surface area (TPSA) is 111 Å². The van der Waals surface area contributed by atoms with Gasteiger partial charge in [-0.2, -0.15) is 0 Å². The molecule has 2 N–H and O–H groups in total. The minimum Gasteiger partial charge on any atom is -0.444 e. The predicted molar refractivity (Wildman–Crippen MR) is 149 cm³/mol. The van der Waals surface area contributed by atoms with Crippen molar-refractivity contribution in [2.45, 2.75) is 46.1 Å². The van der Waals surface area contributed by atoms with Crippen LogP contribution in [0.3, 0.4) is 0 Å². The molecule has 1 aromatic carbocycles. The molecule has 0 saturated carbocycles. The number of amides is 1. The Morgan fingerprint density at radius 3 is 2.58 bits per heavy atom. The third-order valence-electron chi connectivity index (χ3n) is 5.44. The van der Waals surface area contributed by atoms with Gasteiger partial charge in [0.15, 0.2) is 5.78 Å². The van der Waals surface area contributed by atoms with Crippen LogP contribution in [0.4, 0.5) is 16.6 Å². The molecule has 3 heterocycles. The molecule has 0 aliphatic heterocycles. The van der Waals surface area contributed by atoms with Crippen LogP contribution in [0.5, 0.6) is 0 Å². The molecule has 11 heteroatoms. The summed E-state index contributed by atoms with van der Waals surface area (Å²) in [6.45, 7) is 7.31. The number of pyridine rings is 1. The maximum Gasteiger partial charge on any atom is 0.413 e. The van der Waals surface area contributed by atoms with E-state index in [0.29, 0.717) is 46.6 Å². The Bertz CT molecular complexity index is 1500. The highest BCUT2D eigenvalue weighted by Gasteiger charge is 2.19. The monoisotopic (exact) mass is 554 g/mol. The summed E-state index contributed by atoms with van der Waals surface area (Å²) in [4.78, 5) is 38.0. The van der Waals surface area contributed by atoms with E-state index in [1.165, 1.54) is 6.92 Å². The first-order valence-electron chi connectivity index (χ1n) is 12.0. The molecule has 38 heavy (non-hydrogen) atoms. The van der Waals surface area contributed by atoms with Crippen molar-refractivity contribution in [2.75, 3.05) is 17.2 Å². The maximum atomic E-state index is 12.3. The molecule has 4 aromatic rings. The van der Waals surface area contributed by atoms with Crippen LogP contribution in [0.1, 0.15) is 50.2 Å². The zero-order valence-electron chi connectivity index (χ0n) is 21.5. The SMILES string of the molecule is CC(=O)c1ccc(CCCNc2nc(-c3ccc(Cl)cc3Cl)cc3nccn23)nc1NC(=O)OC(C)(C)C. The molecule has 0 saturated heterocycles. The number of benzene rings is 1. The fourth-order valence-corrected chi connectivity index (χ4v) is 4.28. The number of aromatic nitrogens is 4. The number of carbonyl (C=O) groups excluding carboxylic acids is 2. The van der Waals surface area contributed by atoms with Gasteiger partial charge >= 0.3 is 6.09 Å². The Kier molecular flexibility index (Phi) is 8.18. The van der Waals surface area contributed by atoms with Crippen LogP contribution in [0.15, 0.2) is 48.8 Å². The van der Waals surface area contributed by atoms with Crippen LogP contribution < -0.4 is 10.6 Å². The quantitative estimate of drug-likeness (QED) is 0.184. The molecule has 0 aliphatic rings. The van der Waals surface area contributed by atoms with E-state index in [1.807, 2.05) is 22.7 Å². The molecule has 0 fully saturated rings. The number of carbonyl (C=O) groups is 2. The van der Waals surface area contributed by atoms with Gasteiger partial charge in [0.1, 0.15) is 17.1 Å². The Labute approximate surface area is 230 Å². The normalized spacial score (nSPS) is 11.4. The molecule has 0 radical (unpaired) electrons. The summed E-state index contributed by atoms with van der Waals surface area (Å²) in [5, 5.41) is 7.01. The number of nitrogens with one attached hydrogen (secondary N) is 2. The molecular formula is C27H28Cl2N6O3. The molecule has 0 atom stereocenters. The number of hydrogen-bond donors (Lipinski definition) is 2. The number of hydrogen-bond acceptors (Lipinski definition) is 7. The van der Waals surface area contributed by atoms with Gasteiger partial charge in [0, 0.05) is 41.3 Å². The van der Waals surface area contributed by atoms with Gasteiger partial charge in [-0.3, -0.25) is 14.5 Å². The molecular weight excluding hydrogens is 527 g/mol. The van der Waals surface area contributed by atoms with Gasteiger partial charge in [-0.05, 0) is 70.9 Å². The fraction of sp³-hybridized carbons (Fsp3) is 0.296. The van der Waals surface area contributed by atoms with E-state index in [2.05, 4.69) is 20.6 Å². The highest BCUT2D eigenvalue weighted by molar-refractivity contribution is 6.36. The van der Waals surface area contributed by atoms with E-state index < -0.39 is 11.7 Å². The largest absolute Gasteiger partial charge is 0.444 e. The van der Waals surface area contributed by atoms with Gasteiger partial charge in [-0.15, -0.1) is 0 Å². The number of halogens is 2. The average molecular weight is 555 g/mol. The fourth-order valence-electron chi connectivity index (χ4n) is 3.77. The number of fused-ring (bicyclic) bond motifs is 1. The van der Waals surface area contributed by atoms with Crippen LogP contribution in [-0.2, 0) is 11.2 Å². The summed E-state index contributed by atoms with van der Waals surface area (Å²) in [6.07, 6.45) is 4.18. The highest BCUT2D eigenvalue weighted by Crippen LogP contribution is 2.30. The van der Waals surface area contributed by atoms with Crippen molar-refractivity contribution in [1.82, 2.24) is 19.4 Å². The van der Waals surface area contributed by atoms with E-state index in [-0.39, 0.29) is 11.6 Å². The first-order valence-corrected chi connectivity index (χ1v) is 12.8. The summed E-state index contributed by atoms with van der Waals surface area (Å²) >= 11 is 12.5. The van der Waals surface area contributed by atoms with Crippen LogP contribution >= 0.6 is 23.2 Å². The van der Waals surface area contributed by atoms with Gasteiger partial charge in [0.05, 0.1) is 16.3 Å². The van der Waals surface area contributed by atoms with E-state index >= 15 is 0 Å². The number of anilines is 2. The van der Waals surface area contributed by atoms with Gasteiger partial charge in [0.2, 0.25) is 5.95 Å². The first-order chi connectivity index (χ1) is 18.0. The van der Waals surface area contributed by atoms with Crippen molar-refractivity contribution in [3.63, 3.8) is 0 Å². The van der Waals surface area contributed by atoms with E-state index in [1.54, 1.807) is 51.2 Å². The molecule has 9 nitrogen and oxygen atoms in total. The lowest BCUT2D eigenvalue weighted by atomic mass is 10.1. The molecule has 0 spiro atoms. The lowest BCUT2D eigenvalue weighted by molar-refractivity contribution is 0.0635. The third kappa shape index (κ3) is 6.79. The summed E-state index contributed by atoms with van der Waals surface area (Å²) in [6, 6.07) is 10.6. The van der Waals surface area contributed by atoms with E-state index in [0.717, 1.165) is 16.9 Å². The van der Waals surface area contributed by atoms with Crippen molar-refractivity contribution in [1.29, 1.82) is 0 Å². The summed E-state index contributed by atoms with van der Waals surface area (Å²) < 4.78 is 7.16. The standard InChI is InChI=1S/C27H28Cl2N6O3/c1-16(36)19-10-8-18(32-24(19)34-26(37)38-27(2,3)4)6-5-11-31-25-33-22(15-23-30-12-13-35(23)25)20-9-7-17(28)14-21(20)29/h7-10,12-15H,5-6,11H2,1-4H3,(H,31,33)(H,32,34,37). The smallest absolute Gasteiger partial charge is 0.413 e. The van der Waals surface area contributed by atoms with Gasteiger partial charge in [-0.25, -0.2) is 19.7 Å². The number of ketones is 1. The van der Waals surface area contributed by atoms with Crippen LogP contribution in [0.2, 0.25) is 10.0 Å². The number of nitrogens with zero attached hydrogens (tertiary/aromatic N) is 4. The molecule has 4 rings (SSSR count). The Hall–Kier alpha value is -3.69. The highest BCUT2D eigenvalue weighted by atomic mass is 35.5. The Balaban J connectivity index is 1.46. The minimum absolute atomic E-state index is 0.187. The van der Waals surface area contributed by atoms with Crippen molar-refractivity contribution in [3.05, 3.63) is 70.1 Å². The van der Waals surface area contributed by atoms with Crippen LogP contribution in [0, 0.1) is 0 Å². The lowest BCUT2D eigenvalue weighted by Gasteiger charge is -2.20. The van der Waals surface area contributed by atoms with Crippen molar-refractivity contribution >= 4 is 52.5 Å². The van der Waals surface area contributed by atoms with Crippen molar-refractivity contribution in [3.8, 4) is 11.3 Å². The third-order valence-corrected chi connectivity index (χ3v) is 5.99. The zero-order chi connectivity index (χ0) is 27.4. The molecule has 3 aromatic heterocycles. The second-order valence-electron chi connectivity index (χ2n) is 9.66. The minimum atomic E-state index is -0.672. The maximum absolute atomic E-state index is 12.3. The number of Topliss-reactive ketones (excluding diaryl/α,β-unsaturated/α-hetero) is 1. The molecule has 198 valence electrons. The first kappa shape index (κ1) is 27.3. The number of aryl methyl sites for hydroxylation is 1. The van der Waals surface area contributed by atoms with Crippen LogP contribution in [0.25, 0.3) is 16.9 Å². The summed E-state index contributed by atoms with van der Waals surface area (Å²) in [5.41, 5.74) is 2.53. The van der Waals surface area contributed by atoms with E-state index in [4.69, 9.17) is 32.9 Å².